The molecule has 1 aromatic rings. The fourth-order valence-electron chi connectivity index (χ4n) is 1.62. The number of aliphatic carboxylic acids is 1. The number of carbonyl (C=O) groups is 3. The lowest BCUT2D eigenvalue weighted by molar-refractivity contribution is -0.150. The standard InChI is InChI=1S/C14H17NO6/c1-2-21-11(16)8-10(14(19)20)15-13(18)12(17)9-6-4-3-5-7-9/h3-7,10,12,17H,2,8H2,1H3,(H,15,18)(H,19,20)/t10-,12+/m1/s1. The van der Waals surface area contributed by atoms with E-state index in [4.69, 9.17) is 5.11 Å². The Bertz CT molecular complexity index is 501. The highest BCUT2D eigenvalue weighted by atomic mass is 16.5. The smallest absolute Gasteiger partial charge is 0.326 e. The first-order chi connectivity index (χ1) is 9.95. The van der Waals surface area contributed by atoms with Crippen molar-refractivity contribution < 1.29 is 29.3 Å². The number of carboxylic acid groups (broad SMARTS) is 1. The lowest BCUT2D eigenvalue weighted by atomic mass is 10.1. The number of nitrogens with one attached hydrogen (secondary N) is 1. The molecule has 0 unspecified atom stereocenters. The third-order valence-electron chi connectivity index (χ3n) is 2.65. The predicted octanol–water partition coefficient (Wildman–Crippen LogP) is 0.243. The van der Waals surface area contributed by atoms with Crippen LogP contribution in [0.3, 0.4) is 0 Å². The zero-order chi connectivity index (χ0) is 15.8. The van der Waals surface area contributed by atoms with E-state index < -0.39 is 36.4 Å². The first-order valence-electron chi connectivity index (χ1n) is 6.37. The van der Waals surface area contributed by atoms with E-state index in [-0.39, 0.29) is 6.61 Å². The van der Waals surface area contributed by atoms with Crippen molar-refractivity contribution in [1.29, 1.82) is 0 Å². The van der Waals surface area contributed by atoms with E-state index in [2.05, 4.69) is 10.1 Å². The molecule has 1 rings (SSSR count). The third-order valence-corrected chi connectivity index (χ3v) is 2.65. The number of aliphatic hydroxyl groups is 1. The summed E-state index contributed by atoms with van der Waals surface area (Å²) in [4.78, 5) is 34.1. The summed E-state index contributed by atoms with van der Waals surface area (Å²) in [6.07, 6.45) is -2.01. The summed E-state index contributed by atoms with van der Waals surface area (Å²) in [5.41, 5.74) is 0.329. The maximum absolute atomic E-state index is 11.8. The van der Waals surface area contributed by atoms with Crippen molar-refractivity contribution in [2.24, 2.45) is 0 Å². The number of esters is 1. The molecule has 1 aromatic carbocycles. The van der Waals surface area contributed by atoms with Gasteiger partial charge in [0.1, 0.15) is 6.04 Å². The Balaban J connectivity index is 2.68. The number of hydrogen-bond donors (Lipinski definition) is 3. The van der Waals surface area contributed by atoms with Crippen molar-refractivity contribution >= 4 is 17.8 Å². The van der Waals surface area contributed by atoms with Gasteiger partial charge in [-0.1, -0.05) is 30.3 Å². The highest BCUT2D eigenvalue weighted by Crippen LogP contribution is 2.12. The van der Waals surface area contributed by atoms with E-state index in [1.807, 2.05) is 0 Å². The maximum atomic E-state index is 11.8. The monoisotopic (exact) mass is 295 g/mol. The second-order valence-corrected chi connectivity index (χ2v) is 4.22. The Kier molecular flexibility index (Phi) is 6.35. The van der Waals surface area contributed by atoms with Gasteiger partial charge in [-0.25, -0.2) is 4.79 Å². The van der Waals surface area contributed by atoms with Gasteiger partial charge in [-0.15, -0.1) is 0 Å². The average Bonchev–Trinajstić information content (AvgIpc) is 2.46. The lowest BCUT2D eigenvalue weighted by Gasteiger charge is -2.16. The fraction of sp³-hybridized carbons (Fsp3) is 0.357. The largest absolute Gasteiger partial charge is 0.480 e. The Morgan fingerprint density at radius 1 is 1.24 bits per heavy atom. The highest BCUT2D eigenvalue weighted by molar-refractivity contribution is 5.89. The molecule has 0 saturated carbocycles. The molecule has 1 amide bonds. The van der Waals surface area contributed by atoms with Crippen LogP contribution in [0.25, 0.3) is 0 Å². The topological polar surface area (TPSA) is 113 Å². The molecular weight excluding hydrogens is 278 g/mol. The minimum atomic E-state index is -1.50. The van der Waals surface area contributed by atoms with Gasteiger partial charge in [-0.05, 0) is 12.5 Å². The number of amides is 1. The first-order valence-corrected chi connectivity index (χ1v) is 6.37. The molecule has 7 heteroatoms. The summed E-state index contributed by atoms with van der Waals surface area (Å²) >= 11 is 0. The molecule has 2 atom stereocenters. The molecule has 7 nitrogen and oxygen atoms in total. The SMILES string of the molecule is CCOC(=O)C[C@@H](NC(=O)[C@@H](O)c1ccccc1)C(=O)O. The normalized spacial score (nSPS) is 13.0. The van der Waals surface area contributed by atoms with E-state index >= 15 is 0 Å². The van der Waals surface area contributed by atoms with Gasteiger partial charge >= 0.3 is 11.9 Å². The molecule has 0 bridgehead atoms. The zero-order valence-electron chi connectivity index (χ0n) is 11.5. The van der Waals surface area contributed by atoms with Gasteiger partial charge in [0.15, 0.2) is 6.10 Å². The number of rotatable bonds is 7. The van der Waals surface area contributed by atoms with E-state index in [9.17, 15) is 19.5 Å². The lowest BCUT2D eigenvalue weighted by Crippen LogP contribution is -2.44. The molecule has 0 aliphatic carbocycles. The molecule has 3 N–H and O–H groups in total. The van der Waals surface area contributed by atoms with Crippen LogP contribution in [0.1, 0.15) is 25.0 Å². The summed E-state index contributed by atoms with van der Waals surface area (Å²) in [7, 11) is 0. The molecule has 0 radical (unpaired) electrons. The Labute approximate surface area is 121 Å². The summed E-state index contributed by atoms with van der Waals surface area (Å²) in [5.74, 6) is -3.01. The number of carboxylic acids is 1. The zero-order valence-corrected chi connectivity index (χ0v) is 11.5. The molecule has 0 aromatic heterocycles. The maximum Gasteiger partial charge on any atom is 0.326 e. The number of aliphatic hydroxyl groups excluding tert-OH is 1. The van der Waals surface area contributed by atoms with Crippen molar-refractivity contribution in [3.63, 3.8) is 0 Å². The Hall–Kier alpha value is -2.41. The van der Waals surface area contributed by atoms with Crippen molar-refractivity contribution in [3.8, 4) is 0 Å². The summed E-state index contributed by atoms with van der Waals surface area (Å²) in [6.45, 7) is 1.71. The second-order valence-electron chi connectivity index (χ2n) is 4.22. The summed E-state index contributed by atoms with van der Waals surface area (Å²) in [5, 5.41) is 20.9. The molecule has 0 heterocycles. The van der Waals surface area contributed by atoms with Crippen molar-refractivity contribution in [2.45, 2.75) is 25.5 Å². The van der Waals surface area contributed by atoms with Crippen LogP contribution in [0, 0.1) is 0 Å². The van der Waals surface area contributed by atoms with E-state index in [1.54, 1.807) is 25.1 Å². The Morgan fingerprint density at radius 3 is 2.38 bits per heavy atom. The van der Waals surface area contributed by atoms with Crippen LogP contribution in [-0.2, 0) is 19.1 Å². The first kappa shape index (κ1) is 16.6. The second kappa shape index (κ2) is 8.01. The van der Waals surface area contributed by atoms with Crippen LogP contribution < -0.4 is 5.32 Å². The van der Waals surface area contributed by atoms with Crippen LogP contribution in [0.4, 0.5) is 0 Å². The van der Waals surface area contributed by atoms with Gasteiger partial charge in [0.2, 0.25) is 0 Å². The molecular formula is C14H17NO6. The quantitative estimate of drug-likeness (QED) is 0.621. The van der Waals surface area contributed by atoms with Gasteiger partial charge in [-0.2, -0.15) is 0 Å². The summed E-state index contributed by atoms with van der Waals surface area (Å²) in [6, 6.07) is 6.61. The molecule has 0 spiro atoms. The van der Waals surface area contributed by atoms with Crippen LogP contribution in [0.5, 0.6) is 0 Å². The van der Waals surface area contributed by atoms with Crippen LogP contribution in [0.15, 0.2) is 30.3 Å². The van der Waals surface area contributed by atoms with Crippen LogP contribution in [0.2, 0.25) is 0 Å². The van der Waals surface area contributed by atoms with Crippen LogP contribution >= 0.6 is 0 Å². The highest BCUT2D eigenvalue weighted by Gasteiger charge is 2.27. The van der Waals surface area contributed by atoms with Crippen molar-refractivity contribution in [3.05, 3.63) is 35.9 Å². The van der Waals surface area contributed by atoms with E-state index in [0.717, 1.165) is 0 Å². The third kappa shape index (κ3) is 5.23. The number of hydrogen-bond acceptors (Lipinski definition) is 5. The molecule has 21 heavy (non-hydrogen) atoms. The average molecular weight is 295 g/mol. The molecule has 0 aliphatic heterocycles. The summed E-state index contributed by atoms with van der Waals surface area (Å²) < 4.78 is 4.63. The van der Waals surface area contributed by atoms with Crippen LogP contribution in [-0.4, -0.2) is 40.7 Å². The van der Waals surface area contributed by atoms with E-state index in [0.29, 0.717) is 5.56 Å². The molecule has 0 saturated heterocycles. The molecule has 0 fully saturated rings. The van der Waals surface area contributed by atoms with E-state index in [1.165, 1.54) is 12.1 Å². The number of benzene rings is 1. The van der Waals surface area contributed by atoms with Crippen molar-refractivity contribution in [1.82, 2.24) is 5.32 Å². The van der Waals surface area contributed by atoms with Crippen molar-refractivity contribution in [2.75, 3.05) is 6.61 Å². The number of ether oxygens (including phenoxy) is 1. The Morgan fingerprint density at radius 2 is 1.86 bits per heavy atom. The molecule has 114 valence electrons. The molecule has 0 aliphatic rings. The van der Waals surface area contributed by atoms with Gasteiger partial charge in [0.25, 0.3) is 5.91 Å². The minimum Gasteiger partial charge on any atom is -0.480 e. The fourth-order valence-corrected chi connectivity index (χ4v) is 1.62. The van der Waals surface area contributed by atoms with Gasteiger partial charge in [0, 0.05) is 0 Å². The predicted molar refractivity (Wildman–Crippen MR) is 72.2 cm³/mol. The van der Waals surface area contributed by atoms with Gasteiger partial charge in [0.05, 0.1) is 13.0 Å². The van der Waals surface area contributed by atoms with Gasteiger partial charge < -0.3 is 20.3 Å². The number of carbonyl (C=O) groups excluding carboxylic acids is 2. The minimum absolute atomic E-state index is 0.117. The van der Waals surface area contributed by atoms with Gasteiger partial charge in [-0.3, -0.25) is 9.59 Å².